The van der Waals surface area contributed by atoms with Crippen LogP contribution in [-0.2, 0) is 9.59 Å². The molecule has 164 valence electrons. The minimum Gasteiger partial charge on any atom is -0.290 e. The lowest BCUT2D eigenvalue weighted by Crippen LogP contribution is -2.11. The Morgan fingerprint density at radius 1 is 0.828 bits per heavy atom. The molecule has 0 aromatic rings. The molecule has 2 heteroatoms. The fourth-order valence-electron chi connectivity index (χ4n) is 3.96. The molecular formula is C27H44O2. The number of ketones is 2. The van der Waals surface area contributed by atoms with Crippen LogP contribution in [0.4, 0.5) is 0 Å². The molecule has 0 aromatic carbocycles. The minimum absolute atomic E-state index is 0.0155. The number of hydrogen-bond donors (Lipinski definition) is 0. The second-order valence-electron chi connectivity index (χ2n) is 9.84. The number of carbonyl (C=O) groups is 2. The highest BCUT2D eigenvalue weighted by atomic mass is 16.1. The van der Waals surface area contributed by atoms with Gasteiger partial charge in [0, 0.05) is 11.1 Å². The Kier molecular flexibility index (Phi) is 12.1. The first kappa shape index (κ1) is 25.6. The van der Waals surface area contributed by atoms with Crippen LogP contribution in [0.5, 0.6) is 0 Å². The zero-order chi connectivity index (χ0) is 21.8. The van der Waals surface area contributed by atoms with E-state index in [9.17, 15) is 9.59 Å². The molecular weight excluding hydrogens is 356 g/mol. The number of rotatable bonds is 14. The van der Waals surface area contributed by atoms with Crippen molar-refractivity contribution in [2.75, 3.05) is 0 Å². The Balaban J connectivity index is 2.18. The summed E-state index contributed by atoms with van der Waals surface area (Å²) in [6, 6.07) is 0. The van der Waals surface area contributed by atoms with Crippen molar-refractivity contribution in [3.63, 3.8) is 0 Å². The summed E-state index contributed by atoms with van der Waals surface area (Å²) in [5.41, 5.74) is 2.48. The molecule has 0 amide bonds. The average Bonchev–Trinajstić information content (AvgIpc) is 2.63. The van der Waals surface area contributed by atoms with Gasteiger partial charge in [0.1, 0.15) is 0 Å². The molecule has 2 atom stereocenters. The maximum absolute atomic E-state index is 12.0. The highest BCUT2D eigenvalue weighted by Crippen LogP contribution is 2.22. The third kappa shape index (κ3) is 11.4. The van der Waals surface area contributed by atoms with Gasteiger partial charge in [-0.1, -0.05) is 84.3 Å². The fraction of sp³-hybridized carbons (Fsp3) is 0.704. The Morgan fingerprint density at radius 3 is 1.97 bits per heavy atom. The lowest BCUT2D eigenvalue weighted by Gasteiger charge is -2.15. The van der Waals surface area contributed by atoms with Crippen LogP contribution in [0.1, 0.15) is 106 Å². The lowest BCUT2D eigenvalue weighted by molar-refractivity contribution is -0.115. The molecule has 0 spiro atoms. The summed E-state index contributed by atoms with van der Waals surface area (Å²) >= 11 is 0. The number of hydrogen-bond acceptors (Lipinski definition) is 2. The van der Waals surface area contributed by atoms with Gasteiger partial charge in [0.05, 0.1) is 0 Å². The summed E-state index contributed by atoms with van der Waals surface area (Å²) in [6.07, 6.45) is 17.4. The van der Waals surface area contributed by atoms with Gasteiger partial charge in [-0.25, -0.2) is 0 Å². The normalized spacial score (nSPS) is 17.4. The molecule has 0 N–H and O–H groups in total. The van der Waals surface area contributed by atoms with Gasteiger partial charge in [0.2, 0.25) is 0 Å². The van der Waals surface area contributed by atoms with Crippen LogP contribution >= 0.6 is 0 Å². The Bertz CT molecular complexity index is 618. The van der Waals surface area contributed by atoms with Gasteiger partial charge < -0.3 is 0 Å². The van der Waals surface area contributed by atoms with Crippen LogP contribution in [0.25, 0.3) is 0 Å². The topological polar surface area (TPSA) is 34.1 Å². The van der Waals surface area contributed by atoms with Crippen molar-refractivity contribution in [2.45, 2.75) is 106 Å². The smallest absolute Gasteiger partial charge is 0.182 e. The summed E-state index contributed by atoms with van der Waals surface area (Å²) in [7, 11) is 0. The van der Waals surface area contributed by atoms with E-state index in [4.69, 9.17) is 0 Å². The van der Waals surface area contributed by atoms with E-state index in [1.807, 2.05) is 0 Å². The summed E-state index contributed by atoms with van der Waals surface area (Å²) in [5.74, 6) is 2.45. The van der Waals surface area contributed by atoms with Gasteiger partial charge >= 0.3 is 0 Å². The fourth-order valence-corrected chi connectivity index (χ4v) is 3.96. The minimum atomic E-state index is -0.0336. The van der Waals surface area contributed by atoms with Crippen molar-refractivity contribution in [3.8, 4) is 0 Å². The highest BCUT2D eigenvalue weighted by Gasteiger charge is 2.16. The monoisotopic (exact) mass is 400 g/mol. The molecule has 0 bridgehead atoms. The van der Waals surface area contributed by atoms with Crippen molar-refractivity contribution in [2.24, 2.45) is 17.8 Å². The SMILES string of the molecule is CC1=CC(=O)C(C/C=C(\C)CCC[C@H](C)CCC[C@H](C)CCCC(C)C)=CC1=O. The van der Waals surface area contributed by atoms with Crippen LogP contribution in [0, 0.1) is 17.8 Å². The van der Waals surface area contributed by atoms with E-state index in [-0.39, 0.29) is 11.6 Å². The maximum atomic E-state index is 12.0. The van der Waals surface area contributed by atoms with Crippen LogP contribution in [-0.4, -0.2) is 11.6 Å². The van der Waals surface area contributed by atoms with E-state index in [0.717, 1.165) is 24.2 Å². The second-order valence-corrected chi connectivity index (χ2v) is 9.84. The first-order chi connectivity index (χ1) is 13.7. The highest BCUT2D eigenvalue weighted by molar-refractivity contribution is 6.19. The van der Waals surface area contributed by atoms with Crippen LogP contribution in [0.15, 0.2) is 34.9 Å². The molecule has 0 aliphatic heterocycles. The van der Waals surface area contributed by atoms with E-state index in [0.29, 0.717) is 17.6 Å². The standard InChI is InChI=1S/C27H44O2/c1-20(2)10-7-11-21(3)12-8-13-22(4)14-9-15-23(5)16-17-25-19-26(28)24(6)18-27(25)29/h16,18-22H,7-15,17H2,1-6H3/b23-16+/t21-,22-/m1/s1. The number of allylic oxidation sites excluding steroid dienone is 6. The van der Waals surface area contributed by atoms with Gasteiger partial charge in [-0.2, -0.15) is 0 Å². The van der Waals surface area contributed by atoms with Crippen LogP contribution < -0.4 is 0 Å². The third-order valence-corrected chi connectivity index (χ3v) is 6.17. The van der Waals surface area contributed by atoms with E-state index < -0.39 is 0 Å². The molecule has 0 fully saturated rings. The van der Waals surface area contributed by atoms with E-state index >= 15 is 0 Å². The largest absolute Gasteiger partial charge is 0.290 e. The third-order valence-electron chi connectivity index (χ3n) is 6.17. The van der Waals surface area contributed by atoms with Gasteiger partial charge in [0.25, 0.3) is 0 Å². The second kappa shape index (κ2) is 13.7. The quantitative estimate of drug-likeness (QED) is 0.220. The molecule has 1 aliphatic carbocycles. The van der Waals surface area contributed by atoms with Gasteiger partial charge in [-0.3, -0.25) is 9.59 Å². The van der Waals surface area contributed by atoms with E-state index in [2.05, 4.69) is 40.7 Å². The first-order valence-corrected chi connectivity index (χ1v) is 11.8. The Labute approximate surface area is 179 Å². The molecule has 0 unspecified atom stereocenters. The van der Waals surface area contributed by atoms with Crippen molar-refractivity contribution >= 4 is 11.6 Å². The van der Waals surface area contributed by atoms with Crippen LogP contribution in [0.3, 0.4) is 0 Å². The summed E-state index contributed by atoms with van der Waals surface area (Å²) < 4.78 is 0. The molecule has 29 heavy (non-hydrogen) atoms. The number of carbonyl (C=O) groups excluding carboxylic acids is 2. The van der Waals surface area contributed by atoms with Crippen molar-refractivity contribution in [1.82, 2.24) is 0 Å². The molecule has 0 saturated heterocycles. The summed E-state index contributed by atoms with van der Waals surface area (Å²) in [6.45, 7) is 13.3. The van der Waals surface area contributed by atoms with Crippen molar-refractivity contribution < 1.29 is 9.59 Å². The predicted octanol–water partition coefficient (Wildman–Crippen LogP) is 7.79. The van der Waals surface area contributed by atoms with Gasteiger partial charge in [0.15, 0.2) is 11.6 Å². The average molecular weight is 401 g/mol. The van der Waals surface area contributed by atoms with E-state index in [1.165, 1.54) is 69.1 Å². The molecule has 1 aliphatic rings. The van der Waals surface area contributed by atoms with Gasteiger partial charge in [-0.05, 0) is 63.0 Å². The zero-order valence-electron chi connectivity index (χ0n) is 19.9. The first-order valence-electron chi connectivity index (χ1n) is 11.8. The lowest BCUT2D eigenvalue weighted by atomic mass is 9.91. The zero-order valence-corrected chi connectivity index (χ0v) is 19.9. The summed E-state index contributed by atoms with van der Waals surface area (Å²) in [4.78, 5) is 23.7. The predicted molar refractivity (Wildman–Crippen MR) is 125 cm³/mol. The van der Waals surface area contributed by atoms with E-state index in [1.54, 1.807) is 6.92 Å². The Morgan fingerprint density at radius 2 is 1.38 bits per heavy atom. The van der Waals surface area contributed by atoms with Crippen molar-refractivity contribution in [3.05, 3.63) is 34.9 Å². The maximum Gasteiger partial charge on any atom is 0.182 e. The molecule has 2 nitrogen and oxygen atoms in total. The molecule has 0 aromatic heterocycles. The van der Waals surface area contributed by atoms with Gasteiger partial charge in [-0.15, -0.1) is 0 Å². The Hall–Kier alpha value is -1.44. The molecule has 0 saturated carbocycles. The molecule has 1 rings (SSSR count). The van der Waals surface area contributed by atoms with Crippen LogP contribution in [0.2, 0.25) is 0 Å². The van der Waals surface area contributed by atoms with Crippen molar-refractivity contribution in [1.29, 1.82) is 0 Å². The molecule has 0 heterocycles. The summed E-state index contributed by atoms with van der Waals surface area (Å²) in [5, 5.41) is 0. The molecule has 0 radical (unpaired) electrons.